The number of nitrogens with zero attached hydrogens (tertiary/aromatic N) is 4. The molecule has 2 atom stereocenters. The number of allylic oxidation sites excluding steroid dienone is 1. The van der Waals surface area contributed by atoms with Gasteiger partial charge in [-0.3, -0.25) is 29.8 Å². The number of pyridine rings is 2. The maximum absolute atomic E-state index is 14.3. The first kappa shape index (κ1) is 49.7. The van der Waals surface area contributed by atoms with E-state index in [-0.39, 0.29) is 47.2 Å². The second-order valence-corrected chi connectivity index (χ2v) is 15.4. The number of H-pyrrole nitrogens is 2. The van der Waals surface area contributed by atoms with E-state index in [9.17, 15) is 28.6 Å². The summed E-state index contributed by atoms with van der Waals surface area (Å²) in [5.41, 5.74) is 5.35. The Morgan fingerprint density at radius 3 is 1.57 bits per heavy atom. The zero-order chi connectivity index (χ0) is 46.4. The van der Waals surface area contributed by atoms with Crippen molar-refractivity contribution < 1.29 is 53.9 Å². The molecule has 8 N–H and O–H groups in total. The number of hydrogen-bond donors (Lipinski definition) is 8. The van der Waals surface area contributed by atoms with Crippen molar-refractivity contribution in [1.82, 2.24) is 41.0 Å². The molecule has 4 heterocycles. The second-order valence-electron chi connectivity index (χ2n) is 14.2. The predicted molar refractivity (Wildman–Crippen MR) is 231 cm³/mol. The Morgan fingerprint density at radius 1 is 0.714 bits per heavy atom. The van der Waals surface area contributed by atoms with Crippen LogP contribution in [0.5, 0.6) is 0 Å². The van der Waals surface area contributed by atoms with Crippen molar-refractivity contribution in [2.75, 3.05) is 23.7 Å². The van der Waals surface area contributed by atoms with Gasteiger partial charge in [-0.2, -0.15) is 10.2 Å². The minimum absolute atomic E-state index is 0.105. The van der Waals surface area contributed by atoms with Crippen molar-refractivity contribution >= 4 is 63.6 Å². The quantitative estimate of drug-likeness (QED) is 0.0516. The standard InChI is InChI=1S/C21H23ClFN5O2.C21H21ClFN5O2.2O.Pt/c2*1-11(2)15-9-24-18(14-6-13(22)4-5-17(14)23)7-19(15)27-20-16(10-26-28-20)21(30)25-8-12(3)29;;;/h4-7,9-12,29H,8H2,1-3H3,(H,25,30)(H2,24,26,27,28);4-7,9-10,12,29H,1,8H2,2-3H3,(H,25,30)(H2,24,26,27,28);;;/t2*12-;;;/m00.../s1. The molecule has 4 aromatic heterocycles. The number of nitrogens with one attached hydrogen (secondary N) is 6. The summed E-state index contributed by atoms with van der Waals surface area (Å²) in [5, 5.41) is 44.5. The third-order valence-electron chi connectivity index (χ3n) is 8.73. The Kier molecular flexibility index (Phi) is 18.6. The second kappa shape index (κ2) is 23.5. The zero-order valence-corrected chi connectivity index (χ0v) is 38.2. The van der Waals surface area contributed by atoms with Gasteiger partial charge in [-0.15, -0.1) is 0 Å². The Hall–Kier alpha value is -5.91. The number of aromatic nitrogens is 6. The van der Waals surface area contributed by atoms with E-state index in [0.29, 0.717) is 50.0 Å². The molecule has 0 fully saturated rings. The van der Waals surface area contributed by atoms with Crippen molar-refractivity contribution in [3.8, 4) is 22.5 Å². The van der Waals surface area contributed by atoms with Gasteiger partial charge < -0.3 is 31.5 Å². The normalized spacial score (nSPS) is 11.7. The van der Waals surface area contributed by atoms with Gasteiger partial charge in [0.25, 0.3) is 11.8 Å². The minimum atomic E-state index is -1.92. The molecular formula is C42H44Cl2F2N10O6Pt. The molecule has 0 saturated heterocycles. The van der Waals surface area contributed by atoms with Crippen molar-refractivity contribution in [3.05, 3.63) is 124 Å². The number of aliphatic hydroxyl groups is 2. The molecule has 2 aromatic carbocycles. The molecule has 16 nitrogen and oxygen atoms in total. The molecule has 0 aliphatic rings. The first-order valence-electron chi connectivity index (χ1n) is 18.9. The van der Waals surface area contributed by atoms with Gasteiger partial charge in [0, 0.05) is 57.9 Å². The van der Waals surface area contributed by atoms with Crippen LogP contribution in [-0.4, -0.2) is 77.7 Å². The van der Waals surface area contributed by atoms with Crippen molar-refractivity contribution in [2.45, 2.75) is 52.7 Å². The van der Waals surface area contributed by atoms with Gasteiger partial charge in [0.15, 0.2) is 0 Å². The number of carbonyl (C=O) groups is 2. The third-order valence-corrected chi connectivity index (χ3v) is 9.20. The summed E-state index contributed by atoms with van der Waals surface area (Å²) in [6.45, 7) is 13.1. The molecule has 0 spiro atoms. The van der Waals surface area contributed by atoms with Crippen molar-refractivity contribution in [1.29, 1.82) is 0 Å². The average molecular weight is 1090 g/mol. The van der Waals surface area contributed by atoms with E-state index in [1.165, 1.54) is 48.8 Å². The van der Waals surface area contributed by atoms with Crippen LogP contribution in [0.4, 0.5) is 31.8 Å². The first-order chi connectivity index (χ1) is 29.9. The van der Waals surface area contributed by atoms with Crippen LogP contribution >= 0.6 is 23.2 Å². The number of aromatic amines is 2. The summed E-state index contributed by atoms with van der Waals surface area (Å²) in [4.78, 5) is 33.5. The number of amides is 2. The molecule has 63 heavy (non-hydrogen) atoms. The van der Waals surface area contributed by atoms with E-state index in [4.69, 9.17) is 30.0 Å². The number of anilines is 4. The van der Waals surface area contributed by atoms with Gasteiger partial charge in [0.05, 0.1) is 41.7 Å². The summed E-state index contributed by atoms with van der Waals surface area (Å²) in [6, 6.07) is 11.9. The van der Waals surface area contributed by atoms with Crippen LogP contribution in [0.1, 0.15) is 72.4 Å². The molecule has 336 valence electrons. The SMILES string of the molecule is C=C(C)c1cnc(-c2cc(Cl)ccc2F)cc1Nc1[nH]ncc1C(=O)NC[C@H](C)O.CC(C)c1cnc(-c2cc(Cl)ccc2F)cc1Nc1[nH]ncc1C(=O)NC[C@H](C)O.[O]=[Pt]=[O]. The van der Waals surface area contributed by atoms with E-state index < -0.39 is 48.2 Å². The Balaban J connectivity index is 0.000000260. The van der Waals surface area contributed by atoms with Crippen molar-refractivity contribution in [2.24, 2.45) is 0 Å². The van der Waals surface area contributed by atoms with E-state index >= 15 is 0 Å². The number of hydrogen-bond acceptors (Lipinski definition) is 12. The van der Waals surface area contributed by atoms with Gasteiger partial charge >= 0.3 is 25.3 Å². The summed E-state index contributed by atoms with van der Waals surface area (Å²) in [6.07, 6.45) is 4.67. The van der Waals surface area contributed by atoms with Crippen LogP contribution in [0.2, 0.25) is 10.0 Å². The fraction of sp³-hybridized carbons (Fsp3) is 0.238. The van der Waals surface area contributed by atoms with Gasteiger partial charge in [-0.25, -0.2) is 8.78 Å². The van der Waals surface area contributed by atoms with E-state index in [1.54, 1.807) is 38.4 Å². The number of carbonyl (C=O) groups excluding carboxylic acids is 2. The monoisotopic (exact) mass is 1090 g/mol. The van der Waals surface area contributed by atoms with E-state index in [0.717, 1.165) is 11.1 Å². The van der Waals surface area contributed by atoms with Crippen LogP contribution in [0.25, 0.3) is 28.1 Å². The Bertz CT molecular complexity index is 2600. The van der Waals surface area contributed by atoms with Crippen LogP contribution in [0, 0.1) is 11.6 Å². The van der Waals surface area contributed by atoms with Crippen LogP contribution in [-0.2, 0) is 25.3 Å². The van der Waals surface area contributed by atoms with E-state index in [2.05, 4.69) is 58.2 Å². The fourth-order valence-corrected chi connectivity index (χ4v) is 6.01. The van der Waals surface area contributed by atoms with Gasteiger partial charge in [-0.05, 0) is 86.4 Å². The number of benzene rings is 2. The third kappa shape index (κ3) is 14.0. The van der Waals surface area contributed by atoms with Gasteiger partial charge in [-0.1, -0.05) is 43.6 Å². The number of aliphatic hydroxyl groups excluding tert-OH is 2. The summed E-state index contributed by atoms with van der Waals surface area (Å²) >= 11 is 10.1. The fourth-order valence-electron chi connectivity index (χ4n) is 5.66. The molecule has 21 heteroatoms. The molecule has 6 rings (SSSR count). The maximum atomic E-state index is 14.3. The summed E-state index contributed by atoms with van der Waals surface area (Å²) in [5.74, 6) is -0.843. The number of rotatable bonds is 14. The zero-order valence-electron chi connectivity index (χ0n) is 34.4. The van der Waals surface area contributed by atoms with Gasteiger partial charge in [0.2, 0.25) is 0 Å². The molecule has 0 radical (unpaired) electrons. The topological polar surface area (TPSA) is 240 Å². The van der Waals surface area contributed by atoms with Crippen LogP contribution in [0.3, 0.4) is 0 Å². The summed E-state index contributed by atoms with van der Waals surface area (Å²) in [7, 11) is 0. The van der Waals surface area contributed by atoms with Crippen molar-refractivity contribution in [3.63, 3.8) is 0 Å². The Labute approximate surface area is 379 Å². The molecule has 0 aliphatic heterocycles. The van der Waals surface area contributed by atoms with Crippen LogP contribution < -0.4 is 21.3 Å². The molecule has 0 aliphatic carbocycles. The molecular weight excluding hydrogens is 1040 g/mol. The predicted octanol–water partition coefficient (Wildman–Crippen LogP) is 8.15. The molecule has 0 unspecified atom stereocenters. The molecule has 2 amide bonds. The van der Waals surface area contributed by atoms with E-state index in [1.807, 2.05) is 20.8 Å². The summed E-state index contributed by atoms with van der Waals surface area (Å²) < 4.78 is 45.6. The average Bonchev–Trinajstić information content (AvgIpc) is 3.91. The first-order valence-corrected chi connectivity index (χ1v) is 21.5. The molecule has 0 saturated carbocycles. The number of halogens is 4. The molecule has 0 bridgehead atoms. The molecule has 6 aromatic rings. The Morgan fingerprint density at radius 2 is 1.14 bits per heavy atom. The van der Waals surface area contributed by atoms with Crippen LogP contribution in [0.15, 0.2) is 79.9 Å². The van der Waals surface area contributed by atoms with Gasteiger partial charge in [0.1, 0.15) is 34.4 Å².